The maximum atomic E-state index is 5.50. The van der Waals surface area contributed by atoms with Crippen LogP contribution in [0.25, 0.3) is 0 Å². The largest absolute Gasteiger partial charge is 0.381 e. The Bertz CT molecular complexity index is 213. The van der Waals surface area contributed by atoms with Gasteiger partial charge in [-0.25, -0.2) is 0 Å². The number of nitrogens with one attached hydrogen (secondary N) is 1. The SMILES string of the molecule is CCC1CCCC(C(NC)C2CCOCC2)C1. The first kappa shape index (κ1) is 13.4. The van der Waals surface area contributed by atoms with Gasteiger partial charge in [0, 0.05) is 19.3 Å². The summed E-state index contributed by atoms with van der Waals surface area (Å²) in [6, 6.07) is 0.744. The topological polar surface area (TPSA) is 21.3 Å². The maximum absolute atomic E-state index is 5.50. The van der Waals surface area contributed by atoms with Crippen LogP contribution in [-0.4, -0.2) is 26.3 Å². The minimum absolute atomic E-state index is 0.744. The summed E-state index contributed by atoms with van der Waals surface area (Å²) in [5, 5.41) is 3.63. The van der Waals surface area contributed by atoms with Crippen LogP contribution in [0.15, 0.2) is 0 Å². The fourth-order valence-electron chi connectivity index (χ4n) is 3.96. The predicted octanol–water partition coefficient (Wildman–Crippen LogP) is 3.22. The first-order valence-corrected chi connectivity index (χ1v) is 7.60. The zero-order valence-corrected chi connectivity index (χ0v) is 11.6. The van der Waals surface area contributed by atoms with Crippen LogP contribution in [0, 0.1) is 17.8 Å². The molecule has 0 aromatic carbocycles. The number of hydrogen-bond acceptors (Lipinski definition) is 2. The fourth-order valence-corrected chi connectivity index (χ4v) is 3.96. The molecule has 0 amide bonds. The van der Waals surface area contributed by atoms with E-state index in [0.29, 0.717) is 0 Å². The second-order valence-corrected chi connectivity index (χ2v) is 5.97. The van der Waals surface area contributed by atoms with Crippen molar-refractivity contribution in [2.75, 3.05) is 20.3 Å². The van der Waals surface area contributed by atoms with E-state index in [-0.39, 0.29) is 0 Å². The van der Waals surface area contributed by atoms with Crippen LogP contribution >= 0.6 is 0 Å². The Labute approximate surface area is 107 Å². The van der Waals surface area contributed by atoms with E-state index >= 15 is 0 Å². The van der Waals surface area contributed by atoms with Crippen LogP contribution in [0.5, 0.6) is 0 Å². The van der Waals surface area contributed by atoms with Crippen molar-refractivity contribution in [1.29, 1.82) is 0 Å². The Hall–Kier alpha value is -0.0800. The zero-order valence-electron chi connectivity index (χ0n) is 11.6. The van der Waals surface area contributed by atoms with Crippen LogP contribution in [0.2, 0.25) is 0 Å². The van der Waals surface area contributed by atoms with Crippen LogP contribution in [-0.2, 0) is 4.74 Å². The summed E-state index contributed by atoms with van der Waals surface area (Å²) >= 11 is 0. The van der Waals surface area contributed by atoms with Gasteiger partial charge in [0.2, 0.25) is 0 Å². The van der Waals surface area contributed by atoms with Crippen LogP contribution in [0.1, 0.15) is 51.9 Å². The van der Waals surface area contributed by atoms with Gasteiger partial charge in [-0.1, -0.05) is 26.2 Å². The summed E-state index contributed by atoms with van der Waals surface area (Å²) in [6.07, 6.45) is 9.72. The highest BCUT2D eigenvalue weighted by Crippen LogP contribution is 2.36. The number of hydrogen-bond donors (Lipinski definition) is 1. The first-order valence-electron chi connectivity index (χ1n) is 7.60. The summed E-state index contributed by atoms with van der Waals surface area (Å²) < 4.78 is 5.50. The summed E-state index contributed by atoms with van der Waals surface area (Å²) in [7, 11) is 2.16. The molecule has 0 bridgehead atoms. The second kappa shape index (κ2) is 6.75. The minimum Gasteiger partial charge on any atom is -0.381 e. The summed E-state index contributed by atoms with van der Waals surface area (Å²) in [5.74, 6) is 2.76. The molecule has 100 valence electrons. The first-order chi connectivity index (χ1) is 8.35. The Balaban J connectivity index is 1.91. The molecule has 1 N–H and O–H groups in total. The van der Waals surface area contributed by atoms with Gasteiger partial charge < -0.3 is 10.1 Å². The quantitative estimate of drug-likeness (QED) is 0.813. The van der Waals surface area contributed by atoms with E-state index in [1.807, 2.05) is 0 Å². The van der Waals surface area contributed by atoms with Crippen molar-refractivity contribution in [1.82, 2.24) is 5.32 Å². The molecular formula is C15H29NO. The molecule has 3 atom stereocenters. The van der Waals surface area contributed by atoms with Gasteiger partial charge in [0.05, 0.1) is 0 Å². The van der Waals surface area contributed by atoms with Crippen LogP contribution in [0.4, 0.5) is 0 Å². The average Bonchev–Trinajstić information content (AvgIpc) is 2.41. The summed E-state index contributed by atoms with van der Waals surface area (Å²) in [5.41, 5.74) is 0. The highest BCUT2D eigenvalue weighted by Gasteiger charge is 2.32. The molecular weight excluding hydrogens is 210 g/mol. The van der Waals surface area contributed by atoms with Crippen molar-refractivity contribution in [3.63, 3.8) is 0 Å². The van der Waals surface area contributed by atoms with Gasteiger partial charge >= 0.3 is 0 Å². The highest BCUT2D eigenvalue weighted by atomic mass is 16.5. The third kappa shape index (κ3) is 3.45. The van der Waals surface area contributed by atoms with E-state index in [1.165, 1.54) is 44.9 Å². The molecule has 1 saturated heterocycles. The van der Waals surface area contributed by atoms with Gasteiger partial charge in [0.15, 0.2) is 0 Å². The smallest absolute Gasteiger partial charge is 0.0469 e. The Morgan fingerprint density at radius 2 is 1.88 bits per heavy atom. The standard InChI is InChI=1S/C15H29NO/c1-3-12-5-4-6-14(11-12)15(16-2)13-7-9-17-10-8-13/h12-16H,3-11H2,1-2H3. The van der Waals surface area contributed by atoms with E-state index in [0.717, 1.165) is 37.0 Å². The van der Waals surface area contributed by atoms with Crippen LogP contribution < -0.4 is 5.32 Å². The van der Waals surface area contributed by atoms with Crippen molar-refractivity contribution in [3.8, 4) is 0 Å². The molecule has 17 heavy (non-hydrogen) atoms. The van der Waals surface area contributed by atoms with Gasteiger partial charge in [-0.15, -0.1) is 0 Å². The monoisotopic (exact) mass is 239 g/mol. The van der Waals surface area contributed by atoms with Crippen molar-refractivity contribution in [3.05, 3.63) is 0 Å². The number of rotatable bonds is 4. The Morgan fingerprint density at radius 3 is 2.53 bits per heavy atom. The molecule has 2 nitrogen and oxygen atoms in total. The minimum atomic E-state index is 0.744. The zero-order chi connectivity index (χ0) is 12.1. The molecule has 2 fully saturated rings. The van der Waals surface area contributed by atoms with E-state index in [4.69, 9.17) is 4.74 Å². The predicted molar refractivity (Wildman–Crippen MR) is 72.1 cm³/mol. The maximum Gasteiger partial charge on any atom is 0.0469 e. The van der Waals surface area contributed by atoms with Gasteiger partial charge in [0.1, 0.15) is 0 Å². The lowest BCUT2D eigenvalue weighted by atomic mass is 9.72. The van der Waals surface area contributed by atoms with E-state index in [1.54, 1.807) is 0 Å². The van der Waals surface area contributed by atoms with Crippen molar-refractivity contribution >= 4 is 0 Å². The van der Waals surface area contributed by atoms with Gasteiger partial charge in [-0.05, 0) is 50.5 Å². The van der Waals surface area contributed by atoms with Crippen molar-refractivity contribution in [2.45, 2.75) is 57.9 Å². The lowest BCUT2D eigenvalue weighted by Gasteiger charge is -2.39. The van der Waals surface area contributed by atoms with Gasteiger partial charge in [-0.2, -0.15) is 0 Å². The van der Waals surface area contributed by atoms with Crippen molar-refractivity contribution < 1.29 is 4.74 Å². The number of ether oxygens (including phenoxy) is 1. The van der Waals surface area contributed by atoms with E-state index < -0.39 is 0 Å². The molecule has 1 saturated carbocycles. The molecule has 0 aromatic heterocycles. The van der Waals surface area contributed by atoms with Crippen LogP contribution in [0.3, 0.4) is 0 Å². The molecule has 2 heteroatoms. The Kier molecular flexibility index (Phi) is 5.30. The molecule has 1 aliphatic carbocycles. The molecule has 2 aliphatic rings. The summed E-state index contributed by atoms with van der Waals surface area (Å²) in [4.78, 5) is 0. The van der Waals surface area contributed by atoms with E-state index in [2.05, 4.69) is 19.3 Å². The lowest BCUT2D eigenvalue weighted by Crippen LogP contribution is -2.44. The second-order valence-electron chi connectivity index (χ2n) is 5.97. The third-order valence-corrected chi connectivity index (χ3v) is 5.02. The average molecular weight is 239 g/mol. The van der Waals surface area contributed by atoms with Gasteiger partial charge in [0.25, 0.3) is 0 Å². The lowest BCUT2D eigenvalue weighted by molar-refractivity contribution is 0.0388. The normalized spacial score (nSPS) is 33.5. The van der Waals surface area contributed by atoms with E-state index in [9.17, 15) is 0 Å². The molecule has 0 radical (unpaired) electrons. The molecule has 1 heterocycles. The van der Waals surface area contributed by atoms with Gasteiger partial charge in [-0.3, -0.25) is 0 Å². The molecule has 1 aliphatic heterocycles. The fraction of sp³-hybridized carbons (Fsp3) is 1.00. The molecule has 2 rings (SSSR count). The molecule has 3 unspecified atom stereocenters. The highest BCUT2D eigenvalue weighted by molar-refractivity contribution is 4.87. The Morgan fingerprint density at radius 1 is 1.12 bits per heavy atom. The van der Waals surface area contributed by atoms with Crippen molar-refractivity contribution in [2.24, 2.45) is 17.8 Å². The molecule has 0 spiro atoms. The molecule has 0 aromatic rings. The summed E-state index contributed by atoms with van der Waals surface area (Å²) in [6.45, 7) is 4.31. The third-order valence-electron chi connectivity index (χ3n) is 5.02.